The smallest absolute Gasteiger partial charge is 0.162 e. The van der Waals surface area contributed by atoms with Crippen LogP contribution in [0.5, 0.6) is 0 Å². The van der Waals surface area contributed by atoms with Crippen LogP contribution in [0.1, 0.15) is 54.9 Å². The number of hydrogen-bond acceptors (Lipinski definition) is 3. The van der Waals surface area contributed by atoms with E-state index in [-0.39, 0.29) is 22.8 Å². The zero-order valence-corrected chi connectivity index (χ0v) is 22.4. The first-order valence-corrected chi connectivity index (χ1v) is 12.9. The molecule has 2 aliphatic rings. The predicted molar refractivity (Wildman–Crippen MR) is 151 cm³/mol. The number of nitrogens with zero attached hydrogens (tertiary/aromatic N) is 1. The average molecular weight is 511 g/mol. The summed E-state index contributed by atoms with van der Waals surface area (Å²) in [5, 5.41) is 21.8. The lowest BCUT2D eigenvalue weighted by atomic mass is 9.67. The van der Waals surface area contributed by atoms with Crippen LogP contribution in [0.25, 0.3) is 5.76 Å². The number of ketones is 1. The van der Waals surface area contributed by atoms with Crippen LogP contribution >= 0.6 is 11.6 Å². The normalized spacial score (nSPS) is 20.7. The molecule has 0 radical (unpaired) electrons. The van der Waals surface area contributed by atoms with Crippen LogP contribution in [0.4, 0.5) is 5.69 Å². The summed E-state index contributed by atoms with van der Waals surface area (Å²) >= 11 is 6.19. The molecule has 0 saturated carbocycles. The Kier molecular flexibility index (Phi) is 6.33. The van der Waals surface area contributed by atoms with E-state index in [1.54, 1.807) is 12.1 Å². The van der Waals surface area contributed by atoms with Crippen molar-refractivity contribution in [1.82, 2.24) is 0 Å². The molecule has 0 aromatic heterocycles. The Hall–Kier alpha value is -3.63. The Labute approximate surface area is 223 Å². The van der Waals surface area contributed by atoms with Crippen molar-refractivity contribution in [2.75, 3.05) is 4.90 Å². The number of Topliss-reactive ketones (excluding diaryl/α,β-unsaturated/α-hetero) is 1. The van der Waals surface area contributed by atoms with Crippen LogP contribution in [-0.4, -0.2) is 16.7 Å². The number of allylic oxidation sites excluding steroid dienone is 2. The summed E-state index contributed by atoms with van der Waals surface area (Å²) in [6.45, 7) is 8.20. The summed E-state index contributed by atoms with van der Waals surface area (Å²) < 4.78 is 0. The standard InChI is InChI=1S/C32H31ClN2O2/c1-19-5-9-21(10-6-19)27-28-25(17-32(3,4)18-26(28)36)35(24-15-13-23(33)14-16-24)31(34)29(27)30(37)22-11-7-20(2)8-12-22/h5-16,27,34,37H,17-18H2,1-4H3/b30-29+,34-31?. The molecule has 5 rings (SSSR count). The maximum absolute atomic E-state index is 13.9. The van der Waals surface area contributed by atoms with Crippen molar-refractivity contribution in [3.63, 3.8) is 0 Å². The van der Waals surface area contributed by atoms with Crippen LogP contribution in [0.2, 0.25) is 5.02 Å². The van der Waals surface area contributed by atoms with Gasteiger partial charge in [-0.05, 0) is 55.5 Å². The van der Waals surface area contributed by atoms with Gasteiger partial charge in [0.1, 0.15) is 11.6 Å². The van der Waals surface area contributed by atoms with E-state index in [1.165, 1.54) is 0 Å². The van der Waals surface area contributed by atoms with E-state index in [1.807, 2.05) is 79.4 Å². The van der Waals surface area contributed by atoms with Crippen LogP contribution < -0.4 is 4.90 Å². The van der Waals surface area contributed by atoms with Crippen molar-refractivity contribution in [3.05, 3.63) is 117 Å². The summed E-state index contributed by atoms with van der Waals surface area (Å²) in [5.74, 6) is -0.317. The zero-order chi connectivity index (χ0) is 26.5. The van der Waals surface area contributed by atoms with Gasteiger partial charge in [0, 0.05) is 45.5 Å². The monoisotopic (exact) mass is 510 g/mol. The molecular weight excluding hydrogens is 480 g/mol. The fraction of sp³-hybridized carbons (Fsp3) is 0.250. The van der Waals surface area contributed by atoms with Gasteiger partial charge in [-0.2, -0.15) is 0 Å². The molecule has 0 amide bonds. The number of carbonyl (C=O) groups is 1. The molecule has 188 valence electrons. The van der Waals surface area contributed by atoms with Crippen molar-refractivity contribution >= 4 is 34.7 Å². The predicted octanol–water partition coefficient (Wildman–Crippen LogP) is 8.15. The molecule has 4 nitrogen and oxygen atoms in total. The van der Waals surface area contributed by atoms with Crippen molar-refractivity contribution in [3.8, 4) is 0 Å². The molecule has 1 aliphatic carbocycles. The second kappa shape index (κ2) is 9.35. The molecule has 0 bridgehead atoms. The molecule has 37 heavy (non-hydrogen) atoms. The number of amidine groups is 1. The molecule has 1 heterocycles. The van der Waals surface area contributed by atoms with Crippen LogP contribution in [-0.2, 0) is 4.79 Å². The first kappa shape index (κ1) is 25.0. The Morgan fingerprint density at radius 2 is 1.49 bits per heavy atom. The molecule has 1 unspecified atom stereocenters. The lowest BCUT2D eigenvalue weighted by molar-refractivity contribution is -0.118. The van der Waals surface area contributed by atoms with Crippen molar-refractivity contribution in [1.29, 1.82) is 5.41 Å². The molecule has 3 aromatic carbocycles. The lowest BCUT2D eigenvalue weighted by Crippen LogP contribution is -2.45. The maximum Gasteiger partial charge on any atom is 0.162 e. The number of benzene rings is 3. The van der Waals surface area contributed by atoms with E-state index in [0.29, 0.717) is 34.6 Å². The average Bonchev–Trinajstić information content (AvgIpc) is 2.84. The molecule has 0 saturated heterocycles. The van der Waals surface area contributed by atoms with E-state index in [9.17, 15) is 15.3 Å². The van der Waals surface area contributed by atoms with Gasteiger partial charge in [0.05, 0.1) is 0 Å². The quantitative estimate of drug-likeness (QED) is 0.349. The third-order valence-corrected chi connectivity index (χ3v) is 7.55. The number of nitrogens with one attached hydrogen (secondary N) is 1. The van der Waals surface area contributed by atoms with E-state index in [4.69, 9.17) is 11.6 Å². The summed E-state index contributed by atoms with van der Waals surface area (Å²) in [6.07, 6.45) is 1.05. The number of hydrogen-bond donors (Lipinski definition) is 2. The van der Waals surface area contributed by atoms with E-state index in [0.717, 1.165) is 28.1 Å². The Balaban J connectivity index is 1.84. The third-order valence-electron chi connectivity index (χ3n) is 7.30. The second-order valence-corrected chi connectivity index (χ2v) is 11.4. The number of halogens is 1. The summed E-state index contributed by atoms with van der Waals surface area (Å²) in [5.41, 5.74) is 6.08. The van der Waals surface area contributed by atoms with Gasteiger partial charge in [-0.15, -0.1) is 0 Å². The van der Waals surface area contributed by atoms with Crippen LogP contribution in [0.15, 0.2) is 89.6 Å². The van der Waals surface area contributed by atoms with Gasteiger partial charge in [0.2, 0.25) is 0 Å². The number of carbonyl (C=O) groups excluding carboxylic acids is 1. The maximum atomic E-state index is 13.9. The fourth-order valence-corrected chi connectivity index (χ4v) is 5.57. The minimum Gasteiger partial charge on any atom is -0.507 e. The van der Waals surface area contributed by atoms with E-state index >= 15 is 0 Å². The Bertz CT molecular complexity index is 1450. The number of aliphatic hydroxyl groups excluding tert-OH is 1. The second-order valence-electron chi connectivity index (χ2n) is 10.9. The Morgan fingerprint density at radius 1 is 0.919 bits per heavy atom. The third kappa shape index (κ3) is 4.62. The highest BCUT2D eigenvalue weighted by Gasteiger charge is 2.46. The minimum absolute atomic E-state index is 0.0127. The molecular formula is C32H31ClN2O2. The summed E-state index contributed by atoms with van der Waals surface area (Å²) in [6, 6.07) is 22.9. The van der Waals surface area contributed by atoms with Gasteiger partial charge < -0.3 is 5.11 Å². The molecule has 3 aromatic rings. The molecule has 0 fully saturated rings. The molecule has 1 atom stereocenters. The highest BCUT2D eigenvalue weighted by Crippen LogP contribution is 2.51. The van der Waals surface area contributed by atoms with Crippen LogP contribution in [0, 0.1) is 24.7 Å². The Morgan fingerprint density at radius 3 is 2.08 bits per heavy atom. The van der Waals surface area contributed by atoms with Gasteiger partial charge in [0.25, 0.3) is 0 Å². The highest BCUT2D eigenvalue weighted by atomic mass is 35.5. The topological polar surface area (TPSA) is 64.4 Å². The minimum atomic E-state index is -0.545. The largest absolute Gasteiger partial charge is 0.507 e. The SMILES string of the molecule is Cc1ccc(/C(O)=C2\C(=N)N(c3ccc(Cl)cc3)C3=C(C(=O)CC(C)(C)C3)C2c2ccc(C)cc2)cc1. The molecule has 1 aliphatic heterocycles. The van der Waals surface area contributed by atoms with Gasteiger partial charge in [-0.1, -0.05) is 85.1 Å². The summed E-state index contributed by atoms with van der Waals surface area (Å²) in [7, 11) is 0. The highest BCUT2D eigenvalue weighted by molar-refractivity contribution is 6.30. The lowest BCUT2D eigenvalue weighted by Gasteiger charge is -2.45. The number of rotatable bonds is 3. The molecule has 2 N–H and O–H groups in total. The fourth-order valence-electron chi connectivity index (χ4n) is 5.45. The molecule has 0 spiro atoms. The zero-order valence-electron chi connectivity index (χ0n) is 21.6. The van der Waals surface area contributed by atoms with E-state index < -0.39 is 5.92 Å². The van der Waals surface area contributed by atoms with Gasteiger partial charge in [-0.3, -0.25) is 15.1 Å². The van der Waals surface area contributed by atoms with Gasteiger partial charge >= 0.3 is 0 Å². The summed E-state index contributed by atoms with van der Waals surface area (Å²) in [4.78, 5) is 15.7. The number of aliphatic hydroxyl groups is 1. The van der Waals surface area contributed by atoms with Crippen LogP contribution in [0.3, 0.4) is 0 Å². The van der Waals surface area contributed by atoms with Crippen molar-refractivity contribution < 1.29 is 9.90 Å². The number of anilines is 1. The van der Waals surface area contributed by atoms with Gasteiger partial charge in [-0.25, -0.2) is 0 Å². The van der Waals surface area contributed by atoms with Gasteiger partial charge in [0.15, 0.2) is 5.78 Å². The van der Waals surface area contributed by atoms with Crippen molar-refractivity contribution in [2.45, 2.75) is 46.5 Å². The first-order chi connectivity index (χ1) is 17.6. The number of aryl methyl sites for hydroxylation is 2. The van der Waals surface area contributed by atoms with E-state index in [2.05, 4.69) is 13.8 Å². The van der Waals surface area contributed by atoms with Crippen molar-refractivity contribution in [2.24, 2.45) is 5.41 Å². The first-order valence-electron chi connectivity index (χ1n) is 12.5. The molecule has 5 heteroatoms.